The molecule has 2 nitrogen and oxygen atoms in total. The van der Waals surface area contributed by atoms with Gasteiger partial charge < -0.3 is 4.74 Å². The molecule has 88 valence electrons. The summed E-state index contributed by atoms with van der Waals surface area (Å²) in [5.74, 6) is 1.00. The SMILES string of the molecule is C=C/C=C\C1=C(C)Oc2cncc(F)c2CC1. The number of hydrogen-bond donors (Lipinski definition) is 0. The zero-order valence-electron chi connectivity index (χ0n) is 9.74. The Hall–Kier alpha value is -1.90. The molecule has 0 aromatic carbocycles. The van der Waals surface area contributed by atoms with E-state index in [9.17, 15) is 4.39 Å². The number of rotatable bonds is 2. The molecule has 0 amide bonds. The number of fused-ring (bicyclic) bond motifs is 1. The number of ether oxygens (including phenoxy) is 1. The van der Waals surface area contributed by atoms with Gasteiger partial charge in [-0.15, -0.1) is 0 Å². The van der Waals surface area contributed by atoms with Gasteiger partial charge in [0.05, 0.1) is 12.4 Å². The quantitative estimate of drug-likeness (QED) is 0.726. The van der Waals surface area contributed by atoms with Gasteiger partial charge in [0.15, 0.2) is 5.75 Å². The first-order valence-corrected chi connectivity index (χ1v) is 5.51. The number of halogens is 1. The monoisotopic (exact) mass is 231 g/mol. The van der Waals surface area contributed by atoms with Crippen LogP contribution in [0.1, 0.15) is 18.9 Å². The Morgan fingerprint density at radius 2 is 2.24 bits per heavy atom. The molecule has 0 bridgehead atoms. The second-order valence-electron chi connectivity index (χ2n) is 3.88. The molecule has 0 spiro atoms. The first-order valence-electron chi connectivity index (χ1n) is 5.51. The van der Waals surface area contributed by atoms with Crippen molar-refractivity contribution in [3.8, 4) is 5.75 Å². The van der Waals surface area contributed by atoms with Crippen molar-refractivity contribution in [2.75, 3.05) is 0 Å². The number of pyridine rings is 1. The van der Waals surface area contributed by atoms with Gasteiger partial charge in [-0.3, -0.25) is 4.98 Å². The fourth-order valence-electron chi connectivity index (χ4n) is 1.83. The Morgan fingerprint density at radius 1 is 1.41 bits per heavy atom. The van der Waals surface area contributed by atoms with Gasteiger partial charge in [0.1, 0.15) is 11.6 Å². The van der Waals surface area contributed by atoms with Crippen LogP contribution in [-0.2, 0) is 6.42 Å². The number of aromatic nitrogens is 1. The minimum atomic E-state index is -0.302. The van der Waals surface area contributed by atoms with E-state index in [0.717, 1.165) is 17.8 Å². The third kappa shape index (κ3) is 2.44. The Labute approximate surface area is 100 Å². The predicted octanol–water partition coefficient (Wildman–Crippen LogP) is 3.56. The molecular weight excluding hydrogens is 217 g/mol. The van der Waals surface area contributed by atoms with Crippen LogP contribution in [0.15, 0.2) is 48.5 Å². The average Bonchev–Trinajstić information content (AvgIpc) is 2.46. The van der Waals surface area contributed by atoms with Crippen LogP contribution in [0, 0.1) is 5.82 Å². The maximum Gasteiger partial charge on any atom is 0.151 e. The first-order chi connectivity index (χ1) is 8.22. The molecule has 1 aromatic rings. The zero-order chi connectivity index (χ0) is 12.3. The highest BCUT2D eigenvalue weighted by Gasteiger charge is 2.16. The summed E-state index contributed by atoms with van der Waals surface area (Å²) in [6, 6.07) is 0. The molecular formula is C14H14FNO. The van der Waals surface area contributed by atoms with Gasteiger partial charge in [0.25, 0.3) is 0 Å². The molecule has 0 radical (unpaired) electrons. The number of nitrogens with zero attached hydrogens (tertiary/aromatic N) is 1. The topological polar surface area (TPSA) is 22.1 Å². The van der Waals surface area contributed by atoms with Crippen molar-refractivity contribution in [2.24, 2.45) is 0 Å². The Kier molecular flexibility index (Phi) is 3.38. The van der Waals surface area contributed by atoms with Gasteiger partial charge >= 0.3 is 0 Å². The van der Waals surface area contributed by atoms with Crippen molar-refractivity contribution in [1.82, 2.24) is 4.98 Å². The third-order valence-electron chi connectivity index (χ3n) is 2.76. The van der Waals surface area contributed by atoms with E-state index < -0.39 is 0 Å². The lowest BCUT2D eigenvalue weighted by atomic mass is 10.0. The molecule has 0 unspecified atom stereocenters. The van der Waals surface area contributed by atoms with Crippen LogP contribution in [0.3, 0.4) is 0 Å². The fourth-order valence-corrected chi connectivity index (χ4v) is 1.83. The zero-order valence-corrected chi connectivity index (χ0v) is 9.74. The summed E-state index contributed by atoms with van der Waals surface area (Å²) in [5, 5.41) is 0. The van der Waals surface area contributed by atoms with Crippen molar-refractivity contribution < 1.29 is 9.13 Å². The van der Waals surface area contributed by atoms with E-state index in [1.807, 2.05) is 19.1 Å². The molecule has 0 aliphatic carbocycles. The van der Waals surface area contributed by atoms with Crippen LogP contribution in [0.4, 0.5) is 4.39 Å². The lowest BCUT2D eigenvalue weighted by molar-refractivity contribution is 0.416. The maximum absolute atomic E-state index is 13.6. The molecule has 2 rings (SSSR count). The smallest absolute Gasteiger partial charge is 0.151 e. The summed E-state index contributed by atoms with van der Waals surface area (Å²) >= 11 is 0. The van der Waals surface area contributed by atoms with Crippen molar-refractivity contribution in [1.29, 1.82) is 0 Å². The standard InChI is InChI=1S/C14H14FNO/c1-3-4-5-11-6-7-12-13(15)8-16-9-14(12)17-10(11)2/h3-5,8-9H,1,6-7H2,2H3/b5-4-. The first kappa shape index (κ1) is 11.6. The molecule has 0 fully saturated rings. The lowest BCUT2D eigenvalue weighted by Gasteiger charge is -2.07. The maximum atomic E-state index is 13.6. The molecule has 17 heavy (non-hydrogen) atoms. The van der Waals surface area contributed by atoms with Crippen molar-refractivity contribution in [3.05, 3.63) is 59.9 Å². The third-order valence-corrected chi connectivity index (χ3v) is 2.76. The summed E-state index contributed by atoms with van der Waals surface area (Å²) in [6.45, 7) is 5.50. The van der Waals surface area contributed by atoms with E-state index in [1.54, 1.807) is 12.3 Å². The van der Waals surface area contributed by atoms with Gasteiger partial charge in [0, 0.05) is 5.56 Å². The number of allylic oxidation sites excluding steroid dienone is 5. The fraction of sp³-hybridized carbons (Fsp3) is 0.214. The largest absolute Gasteiger partial charge is 0.460 e. The molecule has 1 aromatic heterocycles. The highest BCUT2D eigenvalue weighted by atomic mass is 19.1. The minimum absolute atomic E-state index is 0.302. The summed E-state index contributed by atoms with van der Waals surface area (Å²) < 4.78 is 19.2. The highest BCUT2D eigenvalue weighted by Crippen LogP contribution is 2.30. The van der Waals surface area contributed by atoms with Gasteiger partial charge in [-0.05, 0) is 25.3 Å². The van der Waals surface area contributed by atoms with Crippen LogP contribution in [0.2, 0.25) is 0 Å². The molecule has 0 saturated heterocycles. The highest BCUT2D eigenvalue weighted by molar-refractivity contribution is 5.38. The van der Waals surface area contributed by atoms with E-state index in [4.69, 9.17) is 4.74 Å². The molecule has 0 N–H and O–H groups in total. The van der Waals surface area contributed by atoms with Gasteiger partial charge in [-0.25, -0.2) is 4.39 Å². The second-order valence-corrected chi connectivity index (χ2v) is 3.88. The van der Waals surface area contributed by atoms with Gasteiger partial charge in [0.2, 0.25) is 0 Å². The average molecular weight is 231 g/mol. The van der Waals surface area contributed by atoms with Gasteiger partial charge in [-0.1, -0.05) is 24.8 Å². The molecule has 2 heterocycles. The molecule has 0 saturated carbocycles. The molecule has 0 atom stereocenters. The van der Waals surface area contributed by atoms with E-state index in [2.05, 4.69) is 11.6 Å². The summed E-state index contributed by atoms with van der Waals surface area (Å²) in [7, 11) is 0. The Balaban J connectivity index is 2.34. The van der Waals surface area contributed by atoms with Crippen molar-refractivity contribution >= 4 is 0 Å². The molecule has 1 aliphatic rings. The van der Waals surface area contributed by atoms with E-state index in [-0.39, 0.29) is 5.82 Å². The normalized spacial score (nSPS) is 15.4. The van der Waals surface area contributed by atoms with Crippen LogP contribution in [0.25, 0.3) is 0 Å². The van der Waals surface area contributed by atoms with Crippen LogP contribution >= 0.6 is 0 Å². The number of hydrogen-bond acceptors (Lipinski definition) is 2. The summed E-state index contributed by atoms with van der Waals surface area (Å²) in [4.78, 5) is 3.80. The van der Waals surface area contributed by atoms with E-state index >= 15 is 0 Å². The van der Waals surface area contributed by atoms with Gasteiger partial charge in [-0.2, -0.15) is 0 Å². The Bertz CT molecular complexity index is 503. The molecule has 1 aliphatic heterocycles. The van der Waals surface area contributed by atoms with E-state index in [0.29, 0.717) is 17.7 Å². The van der Waals surface area contributed by atoms with E-state index in [1.165, 1.54) is 6.20 Å². The van der Waals surface area contributed by atoms with Crippen LogP contribution in [-0.4, -0.2) is 4.98 Å². The summed E-state index contributed by atoms with van der Waals surface area (Å²) in [5.41, 5.74) is 1.65. The minimum Gasteiger partial charge on any atom is -0.460 e. The predicted molar refractivity (Wildman–Crippen MR) is 65.2 cm³/mol. The molecule has 3 heteroatoms. The van der Waals surface area contributed by atoms with Crippen molar-refractivity contribution in [2.45, 2.75) is 19.8 Å². The second kappa shape index (κ2) is 4.95. The van der Waals surface area contributed by atoms with Crippen LogP contribution < -0.4 is 4.74 Å². The Morgan fingerprint density at radius 3 is 3.00 bits per heavy atom. The summed E-state index contributed by atoms with van der Waals surface area (Å²) in [6.07, 6.45) is 9.67. The van der Waals surface area contributed by atoms with Crippen LogP contribution in [0.5, 0.6) is 5.75 Å². The van der Waals surface area contributed by atoms with Crippen molar-refractivity contribution in [3.63, 3.8) is 0 Å². The lowest BCUT2D eigenvalue weighted by Crippen LogP contribution is -1.96.